The van der Waals surface area contributed by atoms with Crippen molar-refractivity contribution in [3.05, 3.63) is 78.9 Å². The highest BCUT2D eigenvalue weighted by molar-refractivity contribution is 9.09. The monoisotopic (exact) mass is 737 g/mol. The second kappa shape index (κ2) is 15.6. The van der Waals surface area contributed by atoms with E-state index in [-0.39, 0.29) is 41.0 Å². The molecule has 1 spiro atoms. The first kappa shape index (κ1) is 36.2. The Balaban J connectivity index is 1.56. The van der Waals surface area contributed by atoms with Gasteiger partial charge in [0.1, 0.15) is 11.8 Å². The average Bonchev–Trinajstić information content (AvgIpc) is 3.66. The quantitative estimate of drug-likeness (QED) is 0.121. The topological polar surface area (TPSA) is 90.4 Å². The van der Waals surface area contributed by atoms with Gasteiger partial charge in [-0.3, -0.25) is 14.4 Å². The number of benzene rings is 2. The number of unbranched alkanes of at least 4 members (excludes halogenated alkanes) is 3. The van der Waals surface area contributed by atoms with Gasteiger partial charge < -0.3 is 24.5 Å². The van der Waals surface area contributed by atoms with Crippen LogP contribution in [0, 0.1) is 25.7 Å². The van der Waals surface area contributed by atoms with Crippen molar-refractivity contribution < 1.29 is 24.2 Å². The second-order valence-electron chi connectivity index (χ2n) is 13.0. The number of aliphatic hydroxyl groups excluding tert-OH is 1. The van der Waals surface area contributed by atoms with E-state index in [0.717, 1.165) is 35.4 Å². The Morgan fingerprint density at radius 1 is 1.02 bits per heavy atom. The van der Waals surface area contributed by atoms with Crippen LogP contribution in [-0.2, 0) is 14.4 Å². The maximum absolute atomic E-state index is 15.1. The molecule has 6 atom stereocenters. The summed E-state index contributed by atoms with van der Waals surface area (Å²) in [5, 5.41) is 9.14. The molecule has 3 amide bonds. The molecule has 1 N–H and O–H groups in total. The molecule has 48 heavy (non-hydrogen) atoms. The summed E-state index contributed by atoms with van der Waals surface area (Å²) in [6, 6.07) is 12.7. The summed E-state index contributed by atoms with van der Waals surface area (Å²) in [5.74, 6) is -0.914. The van der Waals surface area contributed by atoms with E-state index in [4.69, 9.17) is 4.74 Å². The van der Waals surface area contributed by atoms with E-state index >= 15 is 4.79 Å². The van der Waals surface area contributed by atoms with E-state index in [1.807, 2.05) is 63.2 Å². The van der Waals surface area contributed by atoms with E-state index in [1.54, 1.807) is 38.6 Å². The third-order valence-electron chi connectivity index (χ3n) is 9.94. The molecule has 3 aliphatic rings. The standard InChI is InChI=1S/C38H48BrN3O5S/c1-6-20-40(27-16-18-28(19-17-27)47-8-3)35(44)30-31-36(45)42(22-11-9-10-12-23-43)34(38(31)24-29(39)33(30)48-38)37(46)41(21-7-2)32-25(4)14-13-15-26(32)5/h6-7,13-19,29-31,33-34,43H,1-2,8-12,20-24H2,3-5H3/t29?,30-,31+,33-,34?,38?/m1/s1. The Hall–Kier alpha value is -3.08. The number of carbonyl (C=O) groups is 3. The molecule has 0 aliphatic carbocycles. The van der Waals surface area contributed by atoms with Crippen molar-refractivity contribution in [1.82, 2.24) is 4.90 Å². The fraction of sp³-hybridized carbons (Fsp3) is 0.500. The predicted molar refractivity (Wildman–Crippen MR) is 198 cm³/mol. The molecule has 3 aliphatic heterocycles. The first-order chi connectivity index (χ1) is 23.1. The van der Waals surface area contributed by atoms with E-state index in [2.05, 4.69) is 29.1 Å². The lowest BCUT2D eigenvalue weighted by molar-refractivity contribution is -0.139. The summed E-state index contributed by atoms with van der Waals surface area (Å²) < 4.78 is 4.86. The summed E-state index contributed by atoms with van der Waals surface area (Å²) in [7, 11) is 0. The molecule has 258 valence electrons. The number of fused-ring (bicyclic) bond motifs is 1. The van der Waals surface area contributed by atoms with Gasteiger partial charge in [0.05, 0.1) is 23.2 Å². The highest BCUT2D eigenvalue weighted by Gasteiger charge is 2.76. The number of amides is 3. The number of carbonyl (C=O) groups excluding carboxylic acids is 3. The summed E-state index contributed by atoms with van der Waals surface area (Å²) in [5.41, 5.74) is 3.50. The number of aryl methyl sites for hydroxylation is 2. The van der Waals surface area contributed by atoms with Gasteiger partial charge in [0, 0.05) is 47.7 Å². The highest BCUT2D eigenvalue weighted by atomic mass is 79.9. The Kier molecular flexibility index (Phi) is 11.8. The summed E-state index contributed by atoms with van der Waals surface area (Å²) in [6.07, 6.45) is 7.14. The molecule has 3 fully saturated rings. The molecule has 3 heterocycles. The van der Waals surface area contributed by atoms with Crippen molar-refractivity contribution in [2.75, 3.05) is 42.6 Å². The molecule has 2 aromatic carbocycles. The van der Waals surface area contributed by atoms with Crippen LogP contribution in [-0.4, -0.2) is 81.4 Å². The second-order valence-corrected chi connectivity index (χ2v) is 15.7. The summed E-state index contributed by atoms with van der Waals surface area (Å²) in [4.78, 5) is 49.8. The SMILES string of the molecule is C=CCN(C(=O)[C@H]1[C@@H]2SC3(CC2Br)C(C(=O)N(CC=C)c2c(C)cccc2C)N(CCCCCCO)C(=O)[C@H]13)c1ccc(OCC)cc1. The number of nitrogens with zero attached hydrogens (tertiary/aromatic N) is 3. The minimum Gasteiger partial charge on any atom is -0.494 e. The summed E-state index contributed by atoms with van der Waals surface area (Å²) >= 11 is 5.57. The van der Waals surface area contributed by atoms with Gasteiger partial charge in [-0.05, 0) is 75.4 Å². The molecule has 2 aromatic rings. The van der Waals surface area contributed by atoms with Crippen LogP contribution in [0.1, 0.15) is 50.2 Å². The maximum atomic E-state index is 15.1. The van der Waals surface area contributed by atoms with Gasteiger partial charge in [0.2, 0.25) is 11.8 Å². The maximum Gasteiger partial charge on any atom is 0.251 e. The smallest absolute Gasteiger partial charge is 0.251 e. The number of hydrogen-bond donors (Lipinski definition) is 1. The van der Waals surface area contributed by atoms with Crippen LogP contribution in [0.2, 0.25) is 0 Å². The number of hydrogen-bond acceptors (Lipinski definition) is 6. The third-order valence-corrected chi connectivity index (χ3v) is 13.2. The minimum atomic E-state index is -0.771. The number of halogens is 1. The largest absolute Gasteiger partial charge is 0.494 e. The number of para-hydroxylation sites is 1. The van der Waals surface area contributed by atoms with Crippen molar-refractivity contribution in [2.24, 2.45) is 11.8 Å². The summed E-state index contributed by atoms with van der Waals surface area (Å²) in [6.45, 7) is 15.5. The van der Waals surface area contributed by atoms with Crippen molar-refractivity contribution in [2.45, 2.75) is 73.7 Å². The Labute approximate surface area is 297 Å². The van der Waals surface area contributed by atoms with E-state index in [1.165, 1.54) is 0 Å². The fourth-order valence-electron chi connectivity index (χ4n) is 8.00. The van der Waals surface area contributed by atoms with Crippen molar-refractivity contribution >= 4 is 56.8 Å². The molecule has 0 saturated carbocycles. The van der Waals surface area contributed by atoms with Crippen molar-refractivity contribution in [3.63, 3.8) is 0 Å². The number of aliphatic hydroxyl groups is 1. The van der Waals surface area contributed by atoms with Crippen molar-refractivity contribution in [3.8, 4) is 5.75 Å². The first-order valence-electron chi connectivity index (χ1n) is 17.0. The zero-order valence-electron chi connectivity index (χ0n) is 28.3. The Bertz CT molecular complexity index is 1500. The number of alkyl halides is 1. The lowest BCUT2D eigenvalue weighted by Crippen LogP contribution is -2.56. The van der Waals surface area contributed by atoms with E-state index in [0.29, 0.717) is 44.6 Å². The first-order valence-corrected chi connectivity index (χ1v) is 18.8. The van der Waals surface area contributed by atoms with Gasteiger partial charge in [-0.25, -0.2) is 0 Å². The Morgan fingerprint density at radius 2 is 1.67 bits per heavy atom. The van der Waals surface area contributed by atoms with Gasteiger partial charge in [-0.1, -0.05) is 59.1 Å². The molecule has 3 unspecified atom stereocenters. The van der Waals surface area contributed by atoms with Gasteiger partial charge in [0.15, 0.2) is 0 Å². The third kappa shape index (κ3) is 6.60. The number of ether oxygens (including phenoxy) is 1. The lowest BCUT2D eigenvalue weighted by Gasteiger charge is -2.39. The molecule has 5 rings (SSSR count). The molecular formula is C38H48BrN3O5S. The van der Waals surface area contributed by atoms with Crippen LogP contribution < -0.4 is 14.5 Å². The number of rotatable bonds is 16. The predicted octanol–water partition coefficient (Wildman–Crippen LogP) is 6.46. The van der Waals surface area contributed by atoms with Crippen LogP contribution in [0.3, 0.4) is 0 Å². The van der Waals surface area contributed by atoms with E-state index < -0.39 is 22.6 Å². The highest BCUT2D eigenvalue weighted by Crippen LogP contribution is 2.68. The minimum absolute atomic E-state index is 0.0423. The molecule has 0 aromatic heterocycles. The fourth-order valence-corrected chi connectivity index (χ4v) is 11.6. The van der Waals surface area contributed by atoms with Gasteiger partial charge in [-0.2, -0.15) is 0 Å². The van der Waals surface area contributed by atoms with Gasteiger partial charge in [0.25, 0.3) is 5.91 Å². The van der Waals surface area contributed by atoms with Crippen LogP contribution in [0.4, 0.5) is 11.4 Å². The molecule has 2 bridgehead atoms. The zero-order chi connectivity index (χ0) is 34.6. The molecular weight excluding hydrogens is 690 g/mol. The van der Waals surface area contributed by atoms with Crippen LogP contribution in [0.15, 0.2) is 67.8 Å². The van der Waals surface area contributed by atoms with Gasteiger partial charge >= 0.3 is 0 Å². The number of likely N-dealkylation sites (tertiary alicyclic amines) is 1. The van der Waals surface area contributed by atoms with Gasteiger partial charge in [-0.15, -0.1) is 24.9 Å². The lowest BCUT2D eigenvalue weighted by atomic mass is 9.70. The van der Waals surface area contributed by atoms with Crippen molar-refractivity contribution in [1.29, 1.82) is 0 Å². The number of thioether (sulfide) groups is 1. The van der Waals surface area contributed by atoms with Crippen LogP contribution >= 0.6 is 27.7 Å². The Morgan fingerprint density at radius 3 is 2.29 bits per heavy atom. The van der Waals surface area contributed by atoms with Crippen LogP contribution in [0.25, 0.3) is 0 Å². The molecule has 10 heteroatoms. The molecule has 0 radical (unpaired) electrons. The zero-order valence-corrected chi connectivity index (χ0v) is 30.7. The normalized spacial score (nSPS) is 25.6. The number of anilines is 2. The van der Waals surface area contributed by atoms with Crippen LogP contribution in [0.5, 0.6) is 5.75 Å². The average molecular weight is 739 g/mol. The molecule has 3 saturated heterocycles. The molecule has 8 nitrogen and oxygen atoms in total. The van der Waals surface area contributed by atoms with E-state index in [9.17, 15) is 14.7 Å².